The number of nitrogens with two attached hydrogens (primary N) is 1. The van der Waals surface area contributed by atoms with Gasteiger partial charge in [-0.05, 0) is 53.1 Å². The molecule has 144 valence electrons. The lowest BCUT2D eigenvalue weighted by molar-refractivity contribution is -0.131. The van der Waals surface area contributed by atoms with Crippen molar-refractivity contribution in [3.63, 3.8) is 0 Å². The van der Waals surface area contributed by atoms with Gasteiger partial charge in [0.05, 0.1) is 0 Å². The minimum absolute atomic E-state index is 0.0424. The molecule has 3 rings (SSSR count). The van der Waals surface area contributed by atoms with Gasteiger partial charge in [-0.25, -0.2) is 4.79 Å². The second kappa shape index (κ2) is 8.67. The number of rotatable bonds is 6. The van der Waals surface area contributed by atoms with Crippen molar-refractivity contribution < 1.29 is 14.7 Å². The quantitative estimate of drug-likeness (QED) is 0.292. The smallest absolute Gasteiger partial charge is 0.328 e. The monoisotopic (exact) mass is 385 g/mol. The van der Waals surface area contributed by atoms with E-state index in [1.54, 1.807) is 42.5 Å². The molecule has 1 amide bonds. The largest absolute Gasteiger partial charge is 0.478 e. The summed E-state index contributed by atoms with van der Waals surface area (Å²) in [7, 11) is 0. The van der Waals surface area contributed by atoms with Crippen LogP contribution in [0.5, 0.6) is 0 Å². The minimum Gasteiger partial charge on any atom is -0.478 e. The van der Waals surface area contributed by atoms with Crippen LogP contribution in [0.1, 0.15) is 21.5 Å². The molecule has 0 aliphatic rings. The minimum atomic E-state index is -1.04. The first kappa shape index (κ1) is 19.6. The molecule has 0 bridgehead atoms. The summed E-state index contributed by atoms with van der Waals surface area (Å²) in [6.07, 6.45) is 2.57. The van der Waals surface area contributed by atoms with Crippen molar-refractivity contribution in [2.24, 2.45) is 5.73 Å². The number of carbonyl (C=O) groups excluding carboxylic acids is 1. The van der Waals surface area contributed by atoms with Gasteiger partial charge in [-0.15, -0.1) is 0 Å². The lowest BCUT2D eigenvalue weighted by atomic mass is 9.94. The van der Waals surface area contributed by atoms with Crippen molar-refractivity contribution >= 4 is 29.5 Å². The van der Waals surface area contributed by atoms with E-state index < -0.39 is 5.97 Å². The zero-order chi connectivity index (χ0) is 20.8. The first-order chi connectivity index (χ1) is 14.0. The van der Waals surface area contributed by atoms with Gasteiger partial charge in [0.25, 0.3) is 5.91 Å². The highest BCUT2D eigenvalue weighted by Gasteiger charge is 2.14. The first-order valence-corrected chi connectivity index (χ1v) is 8.81. The molecule has 0 saturated heterocycles. The summed E-state index contributed by atoms with van der Waals surface area (Å²) in [4.78, 5) is 23.8. The number of amides is 1. The summed E-state index contributed by atoms with van der Waals surface area (Å²) in [5.41, 5.74) is 9.20. The third-order valence-corrected chi connectivity index (χ3v) is 4.28. The van der Waals surface area contributed by atoms with Gasteiger partial charge in [-0.1, -0.05) is 42.5 Å². The zero-order valence-corrected chi connectivity index (χ0v) is 15.4. The van der Waals surface area contributed by atoms with Crippen molar-refractivity contribution in [2.45, 2.75) is 0 Å². The van der Waals surface area contributed by atoms with E-state index in [0.29, 0.717) is 27.9 Å². The second-order valence-electron chi connectivity index (χ2n) is 6.25. The van der Waals surface area contributed by atoms with Crippen LogP contribution in [0.2, 0.25) is 0 Å². The fourth-order valence-corrected chi connectivity index (χ4v) is 2.90. The van der Waals surface area contributed by atoms with Gasteiger partial charge in [0, 0.05) is 22.9 Å². The Morgan fingerprint density at radius 3 is 2.17 bits per heavy atom. The highest BCUT2D eigenvalue weighted by Crippen LogP contribution is 2.28. The Labute approximate surface area is 167 Å². The van der Waals surface area contributed by atoms with E-state index >= 15 is 0 Å². The number of carbonyl (C=O) groups is 2. The maximum Gasteiger partial charge on any atom is 0.328 e. The molecule has 0 aromatic heterocycles. The van der Waals surface area contributed by atoms with E-state index in [1.807, 2.05) is 30.3 Å². The summed E-state index contributed by atoms with van der Waals surface area (Å²) in [6, 6.07) is 21.1. The van der Waals surface area contributed by atoms with Crippen molar-refractivity contribution in [1.29, 1.82) is 5.41 Å². The molecule has 0 unspecified atom stereocenters. The lowest BCUT2D eigenvalue weighted by Crippen LogP contribution is -2.14. The molecule has 0 aliphatic carbocycles. The fraction of sp³-hybridized carbons (Fsp3) is 0. The Morgan fingerprint density at radius 2 is 1.52 bits per heavy atom. The number of nitrogen functional groups attached to an aromatic ring is 1. The Balaban J connectivity index is 1.94. The van der Waals surface area contributed by atoms with Crippen molar-refractivity contribution in [3.8, 4) is 11.1 Å². The van der Waals surface area contributed by atoms with E-state index in [2.05, 4.69) is 5.32 Å². The van der Waals surface area contributed by atoms with Gasteiger partial charge in [0.2, 0.25) is 0 Å². The first-order valence-electron chi connectivity index (χ1n) is 8.81. The van der Waals surface area contributed by atoms with Gasteiger partial charge in [-0.3, -0.25) is 10.2 Å². The molecular formula is C23H19N3O3. The zero-order valence-electron chi connectivity index (χ0n) is 15.4. The van der Waals surface area contributed by atoms with Crippen molar-refractivity contribution in [3.05, 3.63) is 95.6 Å². The molecule has 5 N–H and O–H groups in total. The Bertz CT molecular complexity index is 1100. The molecule has 3 aromatic rings. The molecule has 0 radical (unpaired) electrons. The average Bonchev–Trinajstić information content (AvgIpc) is 2.73. The number of aliphatic carboxylic acids is 1. The van der Waals surface area contributed by atoms with Gasteiger partial charge < -0.3 is 16.2 Å². The lowest BCUT2D eigenvalue weighted by Gasteiger charge is -2.13. The number of hydrogen-bond acceptors (Lipinski definition) is 3. The van der Waals surface area contributed by atoms with Gasteiger partial charge >= 0.3 is 5.97 Å². The topological polar surface area (TPSA) is 116 Å². The predicted octanol–water partition coefficient (Wildman–Crippen LogP) is 3.99. The highest BCUT2D eigenvalue weighted by molar-refractivity contribution is 6.09. The number of amidine groups is 1. The number of nitrogens with one attached hydrogen (secondary N) is 2. The molecule has 0 atom stereocenters. The van der Waals surface area contributed by atoms with Crippen LogP contribution >= 0.6 is 0 Å². The van der Waals surface area contributed by atoms with E-state index in [0.717, 1.165) is 11.6 Å². The SMILES string of the molecule is N=C(N)c1ccc(NC(=O)c2ccccc2-c2ccccc2/C=C/C(=O)O)cc1. The molecule has 0 spiro atoms. The van der Waals surface area contributed by atoms with Crippen LogP contribution in [0.4, 0.5) is 5.69 Å². The van der Waals surface area contributed by atoms with Crippen LogP contribution in [-0.4, -0.2) is 22.8 Å². The number of hydrogen-bond donors (Lipinski definition) is 4. The van der Waals surface area contributed by atoms with Crippen molar-refractivity contribution in [1.82, 2.24) is 0 Å². The number of carboxylic acids is 1. The molecule has 0 heterocycles. The van der Waals surface area contributed by atoms with Gasteiger partial charge in [0.15, 0.2) is 0 Å². The van der Waals surface area contributed by atoms with Crippen LogP contribution in [0.15, 0.2) is 78.9 Å². The standard InChI is InChI=1S/C23H19N3O3/c24-22(25)16-9-12-17(13-10-16)26-23(29)20-8-4-3-7-19(20)18-6-2-1-5-15(18)11-14-21(27)28/h1-14H,(H3,24,25)(H,26,29)(H,27,28)/b14-11+. The molecule has 29 heavy (non-hydrogen) atoms. The Hall–Kier alpha value is -4.19. The maximum absolute atomic E-state index is 12.9. The summed E-state index contributed by atoms with van der Waals surface area (Å²) in [6.45, 7) is 0. The van der Waals surface area contributed by atoms with E-state index in [1.165, 1.54) is 6.08 Å². The molecule has 0 saturated carbocycles. The Morgan fingerprint density at radius 1 is 0.897 bits per heavy atom. The Kier molecular flexibility index (Phi) is 5.85. The van der Waals surface area contributed by atoms with Crippen LogP contribution in [0, 0.1) is 5.41 Å². The normalized spacial score (nSPS) is 10.6. The third-order valence-electron chi connectivity index (χ3n) is 4.28. The number of anilines is 1. The molecular weight excluding hydrogens is 366 g/mol. The second-order valence-corrected chi connectivity index (χ2v) is 6.25. The van der Waals surface area contributed by atoms with Crippen LogP contribution < -0.4 is 11.1 Å². The third kappa shape index (κ3) is 4.75. The highest BCUT2D eigenvalue weighted by atomic mass is 16.4. The van der Waals surface area contributed by atoms with Crippen LogP contribution in [-0.2, 0) is 4.79 Å². The average molecular weight is 385 g/mol. The van der Waals surface area contributed by atoms with Crippen LogP contribution in [0.3, 0.4) is 0 Å². The summed E-state index contributed by atoms with van der Waals surface area (Å²) < 4.78 is 0. The maximum atomic E-state index is 12.9. The van der Waals surface area contributed by atoms with E-state index in [4.69, 9.17) is 16.2 Å². The van der Waals surface area contributed by atoms with E-state index in [9.17, 15) is 9.59 Å². The predicted molar refractivity (Wildman–Crippen MR) is 114 cm³/mol. The number of benzene rings is 3. The van der Waals surface area contributed by atoms with Gasteiger partial charge in [0.1, 0.15) is 5.84 Å². The molecule has 3 aromatic carbocycles. The fourth-order valence-electron chi connectivity index (χ4n) is 2.90. The molecule has 0 aliphatic heterocycles. The summed E-state index contributed by atoms with van der Waals surface area (Å²) >= 11 is 0. The van der Waals surface area contributed by atoms with Crippen LogP contribution in [0.25, 0.3) is 17.2 Å². The molecule has 0 fully saturated rings. The number of carboxylic acid groups (broad SMARTS) is 1. The summed E-state index contributed by atoms with van der Waals surface area (Å²) in [5.74, 6) is -1.38. The van der Waals surface area contributed by atoms with Crippen molar-refractivity contribution in [2.75, 3.05) is 5.32 Å². The van der Waals surface area contributed by atoms with E-state index in [-0.39, 0.29) is 11.7 Å². The van der Waals surface area contributed by atoms with Gasteiger partial charge in [-0.2, -0.15) is 0 Å². The summed E-state index contributed by atoms with van der Waals surface area (Å²) in [5, 5.41) is 19.2. The molecule has 6 heteroatoms. The molecule has 6 nitrogen and oxygen atoms in total.